The molecular weight excluding hydrogens is 226 g/mol. The smallest absolute Gasteiger partial charge is 0.226 e. The molecule has 18 heavy (non-hydrogen) atoms. The maximum atomic E-state index is 12.2. The number of pyridine rings is 1. The van der Waals surface area contributed by atoms with Crippen LogP contribution >= 0.6 is 0 Å². The molecule has 2 rings (SSSR count). The Morgan fingerprint density at radius 2 is 2.44 bits per heavy atom. The van der Waals surface area contributed by atoms with Crippen LogP contribution in [0.3, 0.4) is 0 Å². The Kier molecular flexibility index (Phi) is 4.70. The van der Waals surface area contributed by atoms with Crippen LogP contribution in [0.25, 0.3) is 0 Å². The van der Waals surface area contributed by atoms with Gasteiger partial charge in [0, 0.05) is 38.4 Å². The maximum Gasteiger partial charge on any atom is 0.226 e. The van der Waals surface area contributed by atoms with Crippen LogP contribution in [0.5, 0.6) is 0 Å². The summed E-state index contributed by atoms with van der Waals surface area (Å²) in [7, 11) is 1.89. The zero-order chi connectivity index (χ0) is 12.8. The molecule has 1 fully saturated rings. The van der Waals surface area contributed by atoms with Crippen LogP contribution in [0.1, 0.15) is 18.5 Å². The molecule has 1 aromatic heterocycles. The van der Waals surface area contributed by atoms with E-state index in [2.05, 4.69) is 10.3 Å². The summed E-state index contributed by atoms with van der Waals surface area (Å²) in [5.41, 5.74) is 1.04. The third-order valence-electron chi connectivity index (χ3n) is 3.45. The van der Waals surface area contributed by atoms with Gasteiger partial charge in [-0.2, -0.15) is 0 Å². The average molecular weight is 247 g/mol. The number of hydrogen-bond acceptors (Lipinski definition) is 3. The Morgan fingerprint density at radius 1 is 1.56 bits per heavy atom. The molecule has 0 unspecified atom stereocenters. The molecule has 0 radical (unpaired) electrons. The number of likely N-dealkylation sites (N-methyl/N-ethyl adjacent to an activating group) is 1. The van der Waals surface area contributed by atoms with Gasteiger partial charge >= 0.3 is 0 Å². The summed E-state index contributed by atoms with van der Waals surface area (Å²) in [6.07, 6.45) is 4.73. The fraction of sp³-hybridized carbons (Fsp3) is 0.571. The average Bonchev–Trinajstić information content (AvgIpc) is 2.46. The van der Waals surface area contributed by atoms with E-state index in [1.807, 2.05) is 30.1 Å². The number of amides is 1. The second-order valence-corrected chi connectivity index (χ2v) is 4.87. The van der Waals surface area contributed by atoms with Crippen molar-refractivity contribution >= 4 is 5.91 Å². The van der Waals surface area contributed by atoms with Crippen LogP contribution in [0.15, 0.2) is 24.4 Å². The number of carbonyl (C=O) groups is 1. The molecule has 98 valence electrons. The van der Waals surface area contributed by atoms with Crippen LogP contribution in [-0.4, -0.2) is 42.5 Å². The van der Waals surface area contributed by atoms with Gasteiger partial charge in [0.1, 0.15) is 0 Å². The Morgan fingerprint density at radius 3 is 3.11 bits per heavy atom. The minimum absolute atomic E-state index is 0.160. The lowest BCUT2D eigenvalue weighted by molar-refractivity contribution is -0.134. The number of aromatic nitrogens is 1. The predicted octanol–water partition coefficient (Wildman–Crippen LogP) is 1.08. The van der Waals surface area contributed by atoms with Gasteiger partial charge < -0.3 is 10.2 Å². The molecule has 1 saturated heterocycles. The molecule has 2 heterocycles. The van der Waals surface area contributed by atoms with Gasteiger partial charge in [-0.1, -0.05) is 6.07 Å². The van der Waals surface area contributed by atoms with Crippen LogP contribution < -0.4 is 5.32 Å². The largest absolute Gasteiger partial charge is 0.345 e. The molecule has 0 aromatic carbocycles. The second-order valence-electron chi connectivity index (χ2n) is 4.87. The fourth-order valence-electron chi connectivity index (χ4n) is 2.31. The first-order valence-corrected chi connectivity index (χ1v) is 6.63. The molecule has 4 heteroatoms. The molecule has 0 spiro atoms. The SMILES string of the molecule is CN(CCc1ccccn1)C(=O)[C@@H]1CCCNC1. The summed E-state index contributed by atoms with van der Waals surface area (Å²) in [6.45, 7) is 2.61. The van der Waals surface area contributed by atoms with Gasteiger partial charge in [-0.15, -0.1) is 0 Å². The van der Waals surface area contributed by atoms with Gasteiger partial charge in [0.25, 0.3) is 0 Å². The summed E-state index contributed by atoms with van der Waals surface area (Å²) in [6, 6.07) is 5.89. The van der Waals surface area contributed by atoms with E-state index in [9.17, 15) is 4.79 Å². The normalized spacial score (nSPS) is 19.5. The van der Waals surface area contributed by atoms with Crippen LogP contribution in [0, 0.1) is 5.92 Å². The summed E-state index contributed by atoms with van der Waals surface area (Å²) >= 11 is 0. The number of nitrogens with one attached hydrogen (secondary N) is 1. The van der Waals surface area contributed by atoms with Crippen molar-refractivity contribution < 1.29 is 4.79 Å². The Bertz CT molecular complexity index is 374. The van der Waals surface area contributed by atoms with Crippen molar-refractivity contribution in [3.63, 3.8) is 0 Å². The molecule has 1 amide bonds. The van der Waals surface area contributed by atoms with E-state index in [1.165, 1.54) is 0 Å². The van der Waals surface area contributed by atoms with Crippen molar-refractivity contribution in [2.75, 3.05) is 26.7 Å². The fourth-order valence-corrected chi connectivity index (χ4v) is 2.31. The Labute approximate surface area is 108 Å². The van der Waals surface area contributed by atoms with Gasteiger partial charge in [-0.25, -0.2) is 0 Å². The highest BCUT2D eigenvalue weighted by molar-refractivity contribution is 5.78. The lowest BCUT2D eigenvalue weighted by Gasteiger charge is -2.26. The third-order valence-corrected chi connectivity index (χ3v) is 3.45. The first-order valence-electron chi connectivity index (χ1n) is 6.63. The molecule has 1 aliphatic heterocycles. The lowest BCUT2D eigenvalue weighted by Crippen LogP contribution is -2.42. The number of piperidine rings is 1. The monoisotopic (exact) mass is 247 g/mol. The van der Waals surface area contributed by atoms with E-state index in [4.69, 9.17) is 0 Å². The van der Waals surface area contributed by atoms with Crippen molar-refractivity contribution in [2.24, 2.45) is 5.92 Å². The summed E-state index contributed by atoms with van der Waals surface area (Å²) in [5.74, 6) is 0.422. The molecule has 0 bridgehead atoms. The standard InChI is InChI=1S/C14H21N3O/c1-17(10-7-13-6-2-3-9-16-13)14(18)12-5-4-8-15-11-12/h2-3,6,9,12,15H,4-5,7-8,10-11H2,1H3/t12-/m1/s1. The molecule has 1 N–H and O–H groups in total. The van der Waals surface area contributed by atoms with Gasteiger partial charge in [-0.3, -0.25) is 9.78 Å². The van der Waals surface area contributed by atoms with Gasteiger partial charge in [0.05, 0.1) is 5.92 Å². The highest BCUT2D eigenvalue weighted by Crippen LogP contribution is 2.12. The molecule has 1 aliphatic rings. The van der Waals surface area contributed by atoms with Crippen molar-refractivity contribution in [3.8, 4) is 0 Å². The van der Waals surface area contributed by atoms with E-state index in [1.54, 1.807) is 6.20 Å². The molecule has 1 atom stereocenters. The Balaban J connectivity index is 1.80. The number of nitrogens with zero attached hydrogens (tertiary/aromatic N) is 2. The molecule has 1 aromatic rings. The van der Waals surface area contributed by atoms with E-state index in [0.29, 0.717) is 0 Å². The van der Waals surface area contributed by atoms with Crippen molar-refractivity contribution in [1.82, 2.24) is 15.2 Å². The summed E-state index contributed by atoms with van der Waals surface area (Å²) in [4.78, 5) is 18.3. The summed E-state index contributed by atoms with van der Waals surface area (Å²) < 4.78 is 0. The summed E-state index contributed by atoms with van der Waals surface area (Å²) in [5, 5.41) is 3.28. The second kappa shape index (κ2) is 6.50. The minimum atomic E-state index is 0.160. The number of carbonyl (C=O) groups excluding carboxylic acids is 1. The molecular formula is C14H21N3O. The minimum Gasteiger partial charge on any atom is -0.345 e. The first-order chi connectivity index (χ1) is 8.77. The number of rotatable bonds is 4. The topological polar surface area (TPSA) is 45.2 Å². The lowest BCUT2D eigenvalue weighted by atomic mass is 9.98. The molecule has 4 nitrogen and oxygen atoms in total. The van der Waals surface area contributed by atoms with Crippen LogP contribution in [0.4, 0.5) is 0 Å². The van der Waals surface area contributed by atoms with Gasteiger partial charge in [-0.05, 0) is 31.5 Å². The van der Waals surface area contributed by atoms with Crippen molar-refractivity contribution in [2.45, 2.75) is 19.3 Å². The Hall–Kier alpha value is -1.42. The van der Waals surface area contributed by atoms with E-state index >= 15 is 0 Å². The highest BCUT2D eigenvalue weighted by Gasteiger charge is 2.23. The molecule has 0 aliphatic carbocycles. The van der Waals surface area contributed by atoms with E-state index < -0.39 is 0 Å². The van der Waals surface area contributed by atoms with Gasteiger partial charge in [0.2, 0.25) is 5.91 Å². The quantitative estimate of drug-likeness (QED) is 0.866. The van der Waals surface area contributed by atoms with Crippen LogP contribution in [-0.2, 0) is 11.2 Å². The number of hydrogen-bond donors (Lipinski definition) is 1. The van der Waals surface area contributed by atoms with E-state index in [0.717, 1.165) is 44.6 Å². The van der Waals surface area contributed by atoms with Crippen molar-refractivity contribution in [1.29, 1.82) is 0 Å². The van der Waals surface area contributed by atoms with E-state index in [-0.39, 0.29) is 11.8 Å². The van der Waals surface area contributed by atoms with Crippen molar-refractivity contribution in [3.05, 3.63) is 30.1 Å². The highest BCUT2D eigenvalue weighted by atomic mass is 16.2. The molecule has 0 saturated carbocycles. The third kappa shape index (κ3) is 3.53. The maximum absolute atomic E-state index is 12.2. The zero-order valence-electron chi connectivity index (χ0n) is 10.9. The zero-order valence-corrected chi connectivity index (χ0v) is 10.9. The van der Waals surface area contributed by atoms with Gasteiger partial charge in [0.15, 0.2) is 0 Å². The first kappa shape index (κ1) is 13.0. The predicted molar refractivity (Wildman–Crippen MR) is 71.2 cm³/mol. The van der Waals surface area contributed by atoms with Crippen LogP contribution in [0.2, 0.25) is 0 Å².